The van der Waals surface area contributed by atoms with Crippen LogP contribution in [0.1, 0.15) is 19.4 Å². The molecule has 74 valence electrons. The molecule has 2 N–H and O–H groups in total. The molecular weight excluding hydrogens is 167 g/mol. The largest absolute Gasteiger partial charge is 0.351 e. The van der Waals surface area contributed by atoms with Crippen molar-refractivity contribution in [1.29, 1.82) is 0 Å². The molecule has 0 saturated heterocycles. The van der Waals surface area contributed by atoms with Crippen molar-refractivity contribution in [3.63, 3.8) is 0 Å². The van der Waals surface area contributed by atoms with Crippen LogP contribution >= 0.6 is 0 Å². The van der Waals surface area contributed by atoms with E-state index >= 15 is 0 Å². The summed E-state index contributed by atoms with van der Waals surface area (Å²) in [5.74, 6) is 0. The van der Waals surface area contributed by atoms with Crippen molar-refractivity contribution in [2.45, 2.75) is 32.5 Å². The standard InChI is InChI=1S/C10H17FN2/c1-10(2,11)8-13-6-4-9(7-13)3-5-12/h4,6-7H,3,5,8,12H2,1-2H3. The molecule has 0 aliphatic heterocycles. The number of nitrogens with zero attached hydrogens (tertiary/aromatic N) is 1. The van der Waals surface area contributed by atoms with Gasteiger partial charge in [0, 0.05) is 12.4 Å². The molecule has 0 aliphatic carbocycles. The van der Waals surface area contributed by atoms with Gasteiger partial charge in [-0.2, -0.15) is 0 Å². The molecule has 1 aromatic heterocycles. The monoisotopic (exact) mass is 184 g/mol. The molecule has 0 fully saturated rings. The van der Waals surface area contributed by atoms with Gasteiger partial charge in [0.1, 0.15) is 5.67 Å². The molecule has 1 aromatic rings. The summed E-state index contributed by atoms with van der Waals surface area (Å²) in [5.41, 5.74) is 5.43. The molecule has 0 saturated carbocycles. The van der Waals surface area contributed by atoms with Gasteiger partial charge in [-0.25, -0.2) is 4.39 Å². The van der Waals surface area contributed by atoms with Crippen LogP contribution in [-0.4, -0.2) is 16.8 Å². The Bertz CT molecular complexity index is 260. The molecule has 0 spiro atoms. The summed E-state index contributed by atoms with van der Waals surface area (Å²) in [7, 11) is 0. The van der Waals surface area contributed by atoms with E-state index in [9.17, 15) is 4.39 Å². The van der Waals surface area contributed by atoms with Crippen LogP contribution < -0.4 is 5.73 Å². The van der Waals surface area contributed by atoms with Crippen LogP contribution in [0.4, 0.5) is 4.39 Å². The SMILES string of the molecule is CC(C)(F)Cn1ccc(CCN)c1. The van der Waals surface area contributed by atoms with Crippen molar-refractivity contribution in [1.82, 2.24) is 4.57 Å². The first-order valence-corrected chi connectivity index (χ1v) is 4.55. The Morgan fingerprint density at radius 3 is 2.77 bits per heavy atom. The summed E-state index contributed by atoms with van der Waals surface area (Å²) in [4.78, 5) is 0. The zero-order chi connectivity index (χ0) is 9.90. The summed E-state index contributed by atoms with van der Waals surface area (Å²) in [6.45, 7) is 4.20. The van der Waals surface area contributed by atoms with Gasteiger partial charge in [0.2, 0.25) is 0 Å². The molecule has 0 unspecified atom stereocenters. The Labute approximate surface area is 78.5 Å². The van der Waals surface area contributed by atoms with Gasteiger partial charge in [-0.15, -0.1) is 0 Å². The van der Waals surface area contributed by atoms with Gasteiger partial charge in [0.05, 0.1) is 6.54 Å². The average molecular weight is 184 g/mol. The minimum atomic E-state index is -1.15. The zero-order valence-electron chi connectivity index (χ0n) is 8.26. The lowest BCUT2D eigenvalue weighted by Crippen LogP contribution is -2.19. The van der Waals surface area contributed by atoms with Gasteiger partial charge in [-0.3, -0.25) is 0 Å². The van der Waals surface area contributed by atoms with Crippen molar-refractivity contribution in [2.75, 3.05) is 6.54 Å². The van der Waals surface area contributed by atoms with Gasteiger partial charge < -0.3 is 10.3 Å². The fraction of sp³-hybridized carbons (Fsp3) is 0.600. The highest BCUT2D eigenvalue weighted by Gasteiger charge is 2.15. The van der Waals surface area contributed by atoms with Crippen molar-refractivity contribution in [2.24, 2.45) is 5.73 Å². The van der Waals surface area contributed by atoms with Gasteiger partial charge in [-0.1, -0.05) is 0 Å². The minimum absolute atomic E-state index is 0.400. The zero-order valence-corrected chi connectivity index (χ0v) is 8.26. The maximum absolute atomic E-state index is 13.2. The second kappa shape index (κ2) is 3.92. The van der Waals surface area contributed by atoms with E-state index in [0.717, 1.165) is 6.42 Å². The molecule has 1 rings (SSSR count). The van der Waals surface area contributed by atoms with E-state index in [2.05, 4.69) is 0 Å². The number of aromatic nitrogens is 1. The molecule has 13 heavy (non-hydrogen) atoms. The molecule has 3 heteroatoms. The molecule has 0 bridgehead atoms. The summed E-state index contributed by atoms with van der Waals surface area (Å²) in [5, 5.41) is 0. The number of alkyl halides is 1. The topological polar surface area (TPSA) is 30.9 Å². The second-order valence-electron chi connectivity index (χ2n) is 3.95. The first-order valence-electron chi connectivity index (χ1n) is 4.55. The third-order valence-electron chi connectivity index (χ3n) is 1.80. The maximum Gasteiger partial charge on any atom is 0.123 e. The highest BCUT2D eigenvalue weighted by atomic mass is 19.1. The third kappa shape index (κ3) is 3.59. The lowest BCUT2D eigenvalue weighted by Gasteiger charge is -2.14. The van der Waals surface area contributed by atoms with Crippen molar-refractivity contribution in [3.05, 3.63) is 24.0 Å². The van der Waals surface area contributed by atoms with Crippen LogP contribution in [0.15, 0.2) is 18.5 Å². The first kappa shape index (κ1) is 10.3. The molecule has 2 nitrogen and oxygen atoms in total. The van der Waals surface area contributed by atoms with Crippen LogP contribution in [0.5, 0.6) is 0 Å². The van der Waals surface area contributed by atoms with E-state index < -0.39 is 5.67 Å². The highest BCUT2D eigenvalue weighted by Crippen LogP contribution is 2.13. The Morgan fingerprint density at radius 2 is 2.23 bits per heavy atom. The summed E-state index contributed by atoms with van der Waals surface area (Å²) in [6, 6.07) is 1.98. The van der Waals surface area contributed by atoms with Crippen molar-refractivity contribution >= 4 is 0 Å². The fourth-order valence-electron chi connectivity index (χ4n) is 1.34. The molecule has 1 heterocycles. The van der Waals surface area contributed by atoms with Crippen LogP contribution in [0.3, 0.4) is 0 Å². The van der Waals surface area contributed by atoms with Crippen LogP contribution in [0, 0.1) is 0 Å². The Hall–Kier alpha value is -0.830. The number of nitrogens with two attached hydrogens (primary N) is 1. The third-order valence-corrected chi connectivity index (χ3v) is 1.80. The summed E-state index contributed by atoms with van der Waals surface area (Å²) < 4.78 is 15.1. The predicted octanol–water partition coefficient (Wildman–Crippen LogP) is 1.74. The van der Waals surface area contributed by atoms with Gasteiger partial charge in [0.25, 0.3) is 0 Å². The van der Waals surface area contributed by atoms with E-state index in [-0.39, 0.29) is 0 Å². The molecule has 0 aliphatic rings. The first-order chi connectivity index (χ1) is 6.01. The Morgan fingerprint density at radius 1 is 1.54 bits per heavy atom. The number of rotatable bonds is 4. The normalized spacial score (nSPS) is 12.0. The molecular formula is C10H17FN2. The van der Waals surface area contributed by atoms with Crippen LogP contribution in [-0.2, 0) is 13.0 Å². The van der Waals surface area contributed by atoms with E-state index in [1.807, 2.05) is 23.0 Å². The van der Waals surface area contributed by atoms with E-state index in [0.29, 0.717) is 13.1 Å². The van der Waals surface area contributed by atoms with E-state index in [4.69, 9.17) is 5.73 Å². The lowest BCUT2D eigenvalue weighted by atomic mass is 10.2. The molecule has 0 atom stereocenters. The molecule has 0 aromatic carbocycles. The number of halogens is 1. The predicted molar refractivity (Wildman–Crippen MR) is 52.4 cm³/mol. The maximum atomic E-state index is 13.2. The molecule has 0 amide bonds. The Balaban J connectivity index is 2.59. The Kier molecular flexibility index (Phi) is 3.09. The fourth-order valence-corrected chi connectivity index (χ4v) is 1.34. The van der Waals surface area contributed by atoms with Crippen LogP contribution in [0.2, 0.25) is 0 Å². The van der Waals surface area contributed by atoms with Crippen LogP contribution in [0.25, 0.3) is 0 Å². The number of hydrogen-bond donors (Lipinski definition) is 1. The second-order valence-corrected chi connectivity index (χ2v) is 3.95. The summed E-state index contributed by atoms with van der Waals surface area (Å²) in [6.07, 6.45) is 4.71. The van der Waals surface area contributed by atoms with E-state index in [1.165, 1.54) is 5.56 Å². The highest BCUT2D eigenvalue weighted by molar-refractivity contribution is 5.10. The average Bonchev–Trinajstić information content (AvgIpc) is 2.33. The molecule has 0 radical (unpaired) electrons. The van der Waals surface area contributed by atoms with Crippen molar-refractivity contribution < 1.29 is 4.39 Å². The van der Waals surface area contributed by atoms with Gasteiger partial charge in [0.15, 0.2) is 0 Å². The van der Waals surface area contributed by atoms with Gasteiger partial charge >= 0.3 is 0 Å². The summed E-state index contributed by atoms with van der Waals surface area (Å²) >= 11 is 0. The van der Waals surface area contributed by atoms with E-state index in [1.54, 1.807) is 13.8 Å². The number of hydrogen-bond acceptors (Lipinski definition) is 1. The minimum Gasteiger partial charge on any atom is -0.351 e. The quantitative estimate of drug-likeness (QED) is 0.759. The lowest BCUT2D eigenvalue weighted by molar-refractivity contribution is 0.186. The smallest absolute Gasteiger partial charge is 0.123 e. The van der Waals surface area contributed by atoms with Gasteiger partial charge in [-0.05, 0) is 38.4 Å². The van der Waals surface area contributed by atoms with Crippen molar-refractivity contribution in [3.8, 4) is 0 Å².